The SMILES string of the molecule is CCn1c(-c2cccnc2[C@H](C)OC)c2c3cc(ccc31)-c1csc(n1)C[C@H](NC(=O)C(C(C)C)N(C)C(=O)N(C)C)C(=O)N1CCC[C@H](N1)C(=O)OCC(C)(C)C2. The number of methoxy groups -OCH3 is 1. The van der Waals surface area contributed by atoms with E-state index in [1.807, 2.05) is 32.2 Å². The lowest BCUT2D eigenvalue weighted by atomic mass is 9.84. The third-order valence-corrected chi connectivity index (χ3v) is 12.0. The largest absolute Gasteiger partial charge is 0.464 e. The Bertz CT molecular complexity index is 2160. The normalized spacial score (nSPS) is 19.7. The van der Waals surface area contributed by atoms with Crippen molar-refractivity contribution < 1.29 is 28.7 Å². The fourth-order valence-corrected chi connectivity index (χ4v) is 9.03. The van der Waals surface area contributed by atoms with Crippen molar-refractivity contribution in [2.75, 3.05) is 41.4 Å². The molecule has 0 radical (unpaired) electrons. The van der Waals surface area contributed by atoms with E-state index in [4.69, 9.17) is 19.4 Å². The molecule has 312 valence electrons. The van der Waals surface area contributed by atoms with E-state index < -0.39 is 41.3 Å². The number of fused-ring (bicyclic) bond motifs is 6. The molecule has 2 N–H and O–H groups in total. The Morgan fingerprint density at radius 2 is 1.91 bits per heavy atom. The summed E-state index contributed by atoms with van der Waals surface area (Å²) in [5.74, 6) is -1.54. The van der Waals surface area contributed by atoms with E-state index in [-0.39, 0.29) is 31.1 Å². The molecule has 0 aliphatic carbocycles. The third kappa shape index (κ3) is 8.76. The minimum Gasteiger partial charge on any atom is -0.464 e. The number of hydrazine groups is 1. The van der Waals surface area contributed by atoms with Crippen LogP contribution in [0.3, 0.4) is 0 Å². The van der Waals surface area contributed by atoms with E-state index in [2.05, 4.69) is 60.3 Å². The molecule has 2 aliphatic heterocycles. The highest BCUT2D eigenvalue weighted by Crippen LogP contribution is 2.42. The number of likely N-dealkylation sites (N-methyl/N-ethyl adjacent to an activating group) is 1. The molecule has 1 unspecified atom stereocenters. The number of esters is 1. The summed E-state index contributed by atoms with van der Waals surface area (Å²) in [5.41, 5.74) is 9.35. The highest BCUT2D eigenvalue weighted by atomic mass is 32.1. The van der Waals surface area contributed by atoms with Gasteiger partial charge in [-0.2, -0.15) is 0 Å². The van der Waals surface area contributed by atoms with Crippen molar-refractivity contribution in [1.29, 1.82) is 0 Å². The molecular weight excluding hydrogens is 757 g/mol. The van der Waals surface area contributed by atoms with Gasteiger partial charge in [0, 0.05) is 86.8 Å². The summed E-state index contributed by atoms with van der Waals surface area (Å²) in [7, 11) is 6.53. The number of aromatic nitrogens is 3. The molecule has 15 heteroatoms. The maximum absolute atomic E-state index is 14.4. The van der Waals surface area contributed by atoms with Gasteiger partial charge in [0.05, 0.1) is 34.8 Å². The summed E-state index contributed by atoms with van der Waals surface area (Å²) in [6, 6.07) is 7.47. The summed E-state index contributed by atoms with van der Waals surface area (Å²) in [6.45, 7) is 13.3. The molecule has 2 aliphatic rings. The zero-order valence-electron chi connectivity index (χ0n) is 35.4. The maximum Gasteiger partial charge on any atom is 0.324 e. The van der Waals surface area contributed by atoms with Gasteiger partial charge in [-0.25, -0.2) is 15.2 Å². The second-order valence-corrected chi connectivity index (χ2v) is 17.7. The standard InChI is InChI=1S/C43H58N8O6S/c1-11-50-34-17-16-27-20-29(34)30(38(50)28-14-12-18-44-36(28)26(4)56-10)22-43(5,6)24-57-41(54)31-15-13-19-51(47-31)40(53)32(21-35-45-33(27)23-58-35)46-39(52)37(25(2)3)49(9)42(55)48(7)8/h12,14,16-18,20,23,25-26,31-32,37,47H,11,13,15,19,21-22,24H2,1-10H3,(H,46,52)/t26-,31-,32-,37?/m0/s1. The van der Waals surface area contributed by atoms with Gasteiger partial charge in [0.1, 0.15) is 18.1 Å². The van der Waals surface area contributed by atoms with Crippen molar-refractivity contribution in [2.45, 2.75) is 98.0 Å². The van der Waals surface area contributed by atoms with Crippen LogP contribution in [0.1, 0.15) is 76.8 Å². The summed E-state index contributed by atoms with van der Waals surface area (Å²) >= 11 is 1.42. The van der Waals surface area contributed by atoms with E-state index in [0.717, 1.165) is 44.7 Å². The number of carbonyl (C=O) groups is 4. The lowest BCUT2D eigenvalue weighted by molar-refractivity contribution is -0.155. The van der Waals surface area contributed by atoms with Crippen LogP contribution in [-0.2, 0) is 43.2 Å². The molecular formula is C43H58N8O6S. The zero-order valence-corrected chi connectivity index (χ0v) is 36.2. The number of hydrogen-bond acceptors (Lipinski definition) is 10. The number of pyridine rings is 1. The Hall–Kier alpha value is -4.86. The molecule has 58 heavy (non-hydrogen) atoms. The molecule has 0 spiro atoms. The summed E-state index contributed by atoms with van der Waals surface area (Å²) in [5, 5.41) is 8.11. The first-order valence-corrected chi connectivity index (χ1v) is 21.0. The number of amides is 4. The molecule has 1 fully saturated rings. The average Bonchev–Trinajstić information content (AvgIpc) is 3.79. The van der Waals surface area contributed by atoms with Crippen molar-refractivity contribution >= 4 is 46.1 Å². The highest BCUT2D eigenvalue weighted by molar-refractivity contribution is 7.10. The predicted octanol–water partition coefficient (Wildman–Crippen LogP) is 5.84. The molecule has 1 aromatic carbocycles. The van der Waals surface area contributed by atoms with Crippen LogP contribution in [0.25, 0.3) is 33.4 Å². The van der Waals surface area contributed by atoms with Gasteiger partial charge in [0.15, 0.2) is 0 Å². The second kappa shape index (κ2) is 17.6. The Balaban J connectivity index is 1.47. The minimum absolute atomic E-state index is 0.109. The van der Waals surface area contributed by atoms with Gasteiger partial charge >= 0.3 is 12.0 Å². The molecule has 1 saturated heterocycles. The van der Waals surface area contributed by atoms with E-state index in [1.165, 1.54) is 26.1 Å². The molecule has 0 saturated carbocycles. The number of nitrogens with zero attached hydrogens (tertiary/aromatic N) is 6. The number of ether oxygens (including phenoxy) is 2. The molecule has 4 atom stereocenters. The molecule has 4 amide bonds. The van der Waals surface area contributed by atoms with Crippen LogP contribution in [0.2, 0.25) is 0 Å². The first-order valence-electron chi connectivity index (χ1n) is 20.1. The maximum atomic E-state index is 14.4. The number of carbonyl (C=O) groups excluding carboxylic acids is 4. The molecule has 3 aromatic heterocycles. The number of benzene rings is 1. The van der Waals surface area contributed by atoms with Crippen LogP contribution in [0.15, 0.2) is 41.9 Å². The number of hydrogen-bond donors (Lipinski definition) is 2. The highest BCUT2D eigenvalue weighted by Gasteiger charge is 2.38. The summed E-state index contributed by atoms with van der Waals surface area (Å²) in [6.07, 6.45) is 3.30. The average molecular weight is 815 g/mol. The van der Waals surface area contributed by atoms with Gasteiger partial charge in [-0.3, -0.25) is 24.4 Å². The molecule has 6 bridgehead atoms. The minimum atomic E-state index is -1.03. The Kier molecular flexibility index (Phi) is 12.9. The van der Waals surface area contributed by atoms with Crippen LogP contribution in [0, 0.1) is 11.3 Å². The molecule has 14 nitrogen and oxygen atoms in total. The van der Waals surface area contributed by atoms with Gasteiger partial charge in [-0.1, -0.05) is 33.8 Å². The van der Waals surface area contributed by atoms with Crippen molar-refractivity contribution in [3.05, 3.63) is 58.2 Å². The number of cyclic esters (lactones) is 1. The van der Waals surface area contributed by atoms with Crippen LogP contribution >= 0.6 is 11.3 Å². The zero-order chi connectivity index (χ0) is 42.1. The number of nitrogens with one attached hydrogen (secondary N) is 2. The number of aryl methyl sites for hydroxylation is 1. The molecule has 6 rings (SSSR count). The monoisotopic (exact) mass is 814 g/mol. The Labute approximate surface area is 345 Å². The topological polar surface area (TPSA) is 151 Å². The van der Waals surface area contributed by atoms with Crippen LogP contribution < -0.4 is 10.7 Å². The van der Waals surface area contributed by atoms with Gasteiger partial charge in [0.2, 0.25) is 5.91 Å². The fraction of sp³-hybridized carbons (Fsp3) is 0.535. The first kappa shape index (κ1) is 42.7. The number of rotatable bonds is 8. The van der Waals surface area contributed by atoms with Gasteiger partial charge in [0.25, 0.3) is 5.91 Å². The Morgan fingerprint density at radius 3 is 2.60 bits per heavy atom. The molecule has 5 heterocycles. The van der Waals surface area contributed by atoms with Crippen molar-refractivity contribution in [2.24, 2.45) is 11.3 Å². The van der Waals surface area contributed by atoms with Crippen LogP contribution in [0.5, 0.6) is 0 Å². The third-order valence-electron chi connectivity index (χ3n) is 11.2. The van der Waals surface area contributed by atoms with E-state index in [9.17, 15) is 19.2 Å². The van der Waals surface area contributed by atoms with E-state index >= 15 is 0 Å². The predicted molar refractivity (Wildman–Crippen MR) is 225 cm³/mol. The smallest absolute Gasteiger partial charge is 0.324 e. The quantitative estimate of drug-likeness (QED) is 0.209. The fourth-order valence-electron chi connectivity index (χ4n) is 8.18. The number of thiazole rings is 1. The van der Waals surface area contributed by atoms with Gasteiger partial charge in [-0.05, 0) is 68.9 Å². The van der Waals surface area contributed by atoms with Crippen molar-refractivity contribution in [1.82, 2.24) is 40.1 Å². The lowest BCUT2D eigenvalue weighted by Gasteiger charge is -2.36. The van der Waals surface area contributed by atoms with Gasteiger partial charge < -0.3 is 29.2 Å². The lowest BCUT2D eigenvalue weighted by Crippen LogP contribution is -2.62. The van der Waals surface area contributed by atoms with Gasteiger partial charge in [-0.15, -0.1) is 11.3 Å². The van der Waals surface area contributed by atoms with Crippen molar-refractivity contribution in [3.63, 3.8) is 0 Å². The molecule has 4 aromatic rings. The second-order valence-electron chi connectivity index (χ2n) is 16.7. The van der Waals surface area contributed by atoms with Crippen molar-refractivity contribution in [3.8, 4) is 22.5 Å². The van der Waals surface area contributed by atoms with Crippen LogP contribution in [-0.4, -0.2) is 113 Å². The van der Waals surface area contributed by atoms with Crippen LogP contribution in [0.4, 0.5) is 4.79 Å². The Morgan fingerprint density at radius 1 is 1.16 bits per heavy atom. The summed E-state index contributed by atoms with van der Waals surface area (Å²) < 4.78 is 14.2. The van der Waals surface area contributed by atoms with E-state index in [1.54, 1.807) is 34.4 Å². The first-order chi connectivity index (χ1) is 27.5. The summed E-state index contributed by atoms with van der Waals surface area (Å²) in [4.78, 5) is 67.8. The number of urea groups is 1. The van der Waals surface area contributed by atoms with E-state index in [0.29, 0.717) is 37.4 Å².